The van der Waals surface area contributed by atoms with Gasteiger partial charge < -0.3 is 19.7 Å². The molecule has 4 aliphatic rings. The monoisotopic (exact) mass is 733 g/mol. The SMILES string of the molecule is BC1(CCOc2ccn(-c3ccc(C(=O)NSc4cccc(NCCCC5CN(C(=O)OC(C)(C)C)C(C)(C)C5)n4)c(Cl)n3)n2)C2(CC2)C12CC2. The normalized spacial score (nSPS) is 21.4. The lowest BCUT2D eigenvalue weighted by Gasteiger charge is -2.33. The van der Waals surface area contributed by atoms with E-state index < -0.39 is 5.60 Å². The number of carbonyl (C=O) groups is 2. The van der Waals surface area contributed by atoms with Gasteiger partial charge in [0.1, 0.15) is 29.4 Å². The average Bonchev–Trinajstić information content (AvgIpc) is 4.01. The second kappa shape index (κ2) is 13.2. The number of nitrogens with one attached hydrogen (secondary N) is 2. The van der Waals surface area contributed by atoms with Crippen LogP contribution in [-0.4, -0.2) is 75.3 Å². The van der Waals surface area contributed by atoms with Crippen molar-refractivity contribution >= 4 is 49.2 Å². The Kier molecular flexibility index (Phi) is 9.30. The minimum atomic E-state index is -0.511. The van der Waals surface area contributed by atoms with Crippen LogP contribution in [0.4, 0.5) is 10.6 Å². The molecule has 1 saturated heterocycles. The van der Waals surface area contributed by atoms with Crippen LogP contribution >= 0.6 is 23.5 Å². The molecule has 7 rings (SSSR count). The first kappa shape index (κ1) is 35.9. The maximum Gasteiger partial charge on any atom is 0.410 e. The number of halogens is 1. The number of nitrogens with zero attached hydrogens (tertiary/aromatic N) is 5. The zero-order valence-electron chi connectivity index (χ0n) is 30.6. The minimum absolute atomic E-state index is 0.0814. The van der Waals surface area contributed by atoms with Crippen molar-refractivity contribution in [3.63, 3.8) is 0 Å². The molecule has 3 aromatic rings. The Morgan fingerprint density at radius 2 is 1.82 bits per heavy atom. The third-order valence-corrected chi connectivity index (χ3v) is 12.8. The van der Waals surface area contributed by atoms with Crippen LogP contribution in [0.2, 0.25) is 10.5 Å². The Morgan fingerprint density at radius 1 is 1.08 bits per heavy atom. The van der Waals surface area contributed by atoms with Gasteiger partial charge in [0.15, 0.2) is 5.82 Å². The number of rotatable bonds is 13. The standard InChI is InChI=1S/C37H49BClN7O4S/c1-33(2,3)50-32(48)45-23-24(22-34(45,4)5)8-7-19-40-26-9-6-10-29(41-26)51-44-31(47)25-11-12-27(42-30(25)39)46-20-13-28(43-46)49-21-18-37(38)35(14-15-35)36(37)16-17-36/h6,9-13,20,24H,7-8,14-19,21-23,38H2,1-5H3,(H,40,41)(H,44,47). The summed E-state index contributed by atoms with van der Waals surface area (Å²) in [6, 6.07) is 10.8. The van der Waals surface area contributed by atoms with Gasteiger partial charge in [0.25, 0.3) is 5.91 Å². The molecule has 11 nitrogen and oxygen atoms in total. The van der Waals surface area contributed by atoms with Gasteiger partial charge in [0.2, 0.25) is 5.88 Å². The van der Waals surface area contributed by atoms with Gasteiger partial charge >= 0.3 is 6.09 Å². The molecule has 1 aliphatic heterocycles. The van der Waals surface area contributed by atoms with E-state index in [2.05, 4.69) is 46.8 Å². The number of ether oxygens (including phenoxy) is 2. The molecule has 0 aromatic carbocycles. The maximum atomic E-state index is 13.0. The van der Waals surface area contributed by atoms with Crippen molar-refractivity contribution in [1.29, 1.82) is 0 Å². The maximum absolute atomic E-state index is 13.0. The summed E-state index contributed by atoms with van der Waals surface area (Å²) in [4.78, 5) is 36.7. The van der Waals surface area contributed by atoms with Crippen LogP contribution < -0.4 is 14.8 Å². The minimum Gasteiger partial charge on any atom is -0.477 e. The van der Waals surface area contributed by atoms with Crippen LogP contribution in [0.5, 0.6) is 5.88 Å². The van der Waals surface area contributed by atoms with E-state index in [1.165, 1.54) is 25.7 Å². The van der Waals surface area contributed by atoms with Crippen LogP contribution in [0, 0.1) is 16.7 Å². The fourth-order valence-electron chi connectivity index (χ4n) is 9.07. The molecule has 2 amide bonds. The number of amides is 2. The second-order valence-electron chi connectivity index (χ2n) is 16.6. The molecule has 1 atom stereocenters. The second-order valence-corrected chi connectivity index (χ2v) is 17.8. The molecule has 1 unspecified atom stereocenters. The molecule has 0 radical (unpaired) electrons. The highest BCUT2D eigenvalue weighted by molar-refractivity contribution is 7.97. The number of hydrogen-bond donors (Lipinski definition) is 2. The Labute approximate surface area is 310 Å². The van der Waals surface area contributed by atoms with Gasteiger partial charge in [-0.25, -0.2) is 19.4 Å². The molecule has 4 heterocycles. The van der Waals surface area contributed by atoms with E-state index >= 15 is 0 Å². The highest BCUT2D eigenvalue weighted by atomic mass is 35.5. The average molecular weight is 734 g/mol. The quantitative estimate of drug-likeness (QED) is 0.0819. The molecule has 3 aromatic heterocycles. The predicted octanol–water partition coefficient (Wildman–Crippen LogP) is 7.12. The van der Waals surface area contributed by atoms with E-state index in [9.17, 15) is 9.59 Å². The predicted molar refractivity (Wildman–Crippen MR) is 201 cm³/mol. The summed E-state index contributed by atoms with van der Waals surface area (Å²) in [7, 11) is 2.45. The molecule has 2 N–H and O–H groups in total. The molecule has 4 fully saturated rings. The summed E-state index contributed by atoms with van der Waals surface area (Å²) in [5.74, 6) is 1.82. The van der Waals surface area contributed by atoms with Crippen molar-refractivity contribution in [3.05, 3.63) is 53.3 Å². The molecule has 3 aliphatic carbocycles. The van der Waals surface area contributed by atoms with Gasteiger partial charge in [-0.15, -0.1) is 5.10 Å². The van der Waals surface area contributed by atoms with Gasteiger partial charge in [-0.3, -0.25) is 9.52 Å². The van der Waals surface area contributed by atoms with Crippen molar-refractivity contribution < 1.29 is 19.1 Å². The summed E-state index contributed by atoms with van der Waals surface area (Å²) >= 11 is 7.59. The smallest absolute Gasteiger partial charge is 0.410 e. The number of likely N-dealkylation sites (tertiary alicyclic amines) is 1. The Bertz CT molecular complexity index is 1790. The van der Waals surface area contributed by atoms with Crippen molar-refractivity contribution in [1.82, 2.24) is 29.4 Å². The molecule has 14 heteroatoms. The van der Waals surface area contributed by atoms with E-state index in [4.69, 9.17) is 21.1 Å². The topological polar surface area (TPSA) is 124 Å². The van der Waals surface area contributed by atoms with Crippen LogP contribution in [0.1, 0.15) is 96.3 Å². The van der Waals surface area contributed by atoms with Crippen LogP contribution in [0.15, 0.2) is 47.6 Å². The summed E-state index contributed by atoms with van der Waals surface area (Å²) in [5.41, 5.74) is 0.762. The number of hydrogen-bond acceptors (Lipinski definition) is 9. The largest absolute Gasteiger partial charge is 0.477 e. The summed E-state index contributed by atoms with van der Waals surface area (Å²) in [6.07, 6.45) is 11.0. The van der Waals surface area contributed by atoms with Gasteiger partial charge in [-0.2, -0.15) is 0 Å². The third-order valence-electron chi connectivity index (χ3n) is 11.8. The van der Waals surface area contributed by atoms with Gasteiger partial charge in [-0.1, -0.05) is 17.7 Å². The highest BCUT2D eigenvalue weighted by Crippen LogP contribution is 3.02. The lowest BCUT2D eigenvalue weighted by Crippen LogP contribution is -2.45. The molecule has 2 spiro atoms. The fourth-order valence-corrected chi connectivity index (χ4v) is 9.90. The molecule has 0 bridgehead atoms. The van der Waals surface area contributed by atoms with E-state index in [1.54, 1.807) is 23.0 Å². The number of carbonyl (C=O) groups excluding carboxylic acids is 2. The van der Waals surface area contributed by atoms with Crippen LogP contribution in [0.3, 0.4) is 0 Å². The Balaban J connectivity index is 0.842. The molecule has 3 saturated carbocycles. The van der Waals surface area contributed by atoms with Gasteiger partial charge in [0.05, 0.1) is 12.2 Å². The third kappa shape index (κ3) is 7.04. The summed E-state index contributed by atoms with van der Waals surface area (Å²) in [5, 5.41) is 9.08. The van der Waals surface area contributed by atoms with Crippen LogP contribution in [0.25, 0.3) is 5.82 Å². The first-order valence-electron chi connectivity index (χ1n) is 18.2. The van der Waals surface area contributed by atoms with Gasteiger partial charge in [-0.05, 0) is 132 Å². The number of aromatic nitrogens is 4. The van der Waals surface area contributed by atoms with Crippen molar-refractivity contribution in [3.8, 4) is 11.7 Å². The fraction of sp³-hybridized carbons (Fsp3) is 0.595. The highest BCUT2D eigenvalue weighted by Gasteiger charge is 2.91. The Hall–Kier alpha value is -3.45. The van der Waals surface area contributed by atoms with E-state index in [0.29, 0.717) is 51.9 Å². The van der Waals surface area contributed by atoms with E-state index in [1.807, 2.05) is 49.9 Å². The first-order valence-corrected chi connectivity index (χ1v) is 19.4. The zero-order valence-corrected chi connectivity index (χ0v) is 32.1. The molecular weight excluding hydrogens is 685 g/mol. The van der Waals surface area contributed by atoms with E-state index in [-0.39, 0.29) is 28.3 Å². The molecule has 272 valence electrons. The summed E-state index contributed by atoms with van der Waals surface area (Å²) < 4.78 is 16.1. The zero-order chi connectivity index (χ0) is 36.2. The number of fused-ring (bicyclic) bond motifs is 1. The van der Waals surface area contributed by atoms with Crippen LogP contribution in [-0.2, 0) is 4.74 Å². The van der Waals surface area contributed by atoms with Crippen molar-refractivity contribution in [2.75, 3.05) is 25.0 Å². The summed E-state index contributed by atoms with van der Waals surface area (Å²) in [6.45, 7) is 12.0. The molecule has 51 heavy (non-hydrogen) atoms. The lowest BCUT2D eigenvalue weighted by molar-refractivity contribution is 0.0130. The van der Waals surface area contributed by atoms with Crippen molar-refractivity contribution in [2.45, 2.75) is 107 Å². The van der Waals surface area contributed by atoms with Gasteiger partial charge in [0, 0.05) is 42.8 Å². The first-order chi connectivity index (χ1) is 24.2. The molecular formula is C37H49BClN7O4S. The van der Waals surface area contributed by atoms with Crippen molar-refractivity contribution in [2.24, 2.45) is 16.7 Å². The lowest BCUT2D eigenvalue weighted by atomic mass is 9.75. The number of pyridine rings is 2. The Morgan fingerprint density at radius 3 is 2.51 bits per heavy atom. The number of anilines is 1. The van der Waals surface area contributed by atoms with E-state index in [0.717, 1.165) is 50.0 Å².